The van der Waals surface area contributed by atoms with Gasteiger partial charge in [0.25, 0.3) is 5.91 Å². The summed E-state index contributed by atoms with van der Waals surface area (Å²) in [7, 11) is 0. The van der Waals surface area contributed by atoms with Crippen LogP contribution in [0.15, 0.2) is 30.3 Å². The van der Waals surface area contributed by atoms with Crippen molar-refractivity contribution in [1.82, 2.24) is 15.1 Å². The summed E-state index contributed by atoms with van der Waals surface area (Å²) in [5.74, 6) is -0.345. The quantitative estimate of drug-likeness (QED) is 0.326. The third kappa shape index (κ3) is 3.54. The molecule has 0 atom stereocenters. The first-order valence-electron chi connectivity index (χ1n) is 8.35. The van der Waals surface area contributed by atoms with Crippen molar-refractivity contribution >= 4 is 63.0 Å². The van der Waals surface area contributed by atoms with Crippen molar-refractivity contribution in [2.75, 3.05) is 0 Å². The molecule has 2 aromatic heterocycles. The Balaban J connectivity index is 1.87. The van der Waals surface area contributed by atoms with Crippen LogP contribution in [-0.4, -0.2) is 21.4 Å². The lowest BCUT2D eigenvalue weighted by atomic mass is 10.1. The summed E-state index contributed by atoms with van der Waals surface area (Å²) in [4.78, 5) is 17.4. The second kappa shape index (κ2) is 7.34. The number of hydrogen-bond acceptors (Lipinski definition) is 3. The van der Waals surface area contributed by atoms with Crippen molar-refractivity contribution in [2.45, 2.75) is 25.4 Å². The molecule has 1 amide bonds. The van der Waals surface area contributed by atoms with Crippen LogP contribution < -0.4 is 5.32 Å². The van der Waals surface area contributed by atoms with Crippen molar-refractivity contribution in [1.29, 1.82) is 0 Å². The summed E-state index contributed by atoms with van der Waals surface area (Å²) in [5.41, 5.74) is 1.69. The van der Waals surface area contributed by atoms with Gasteiger partial charge in [-0.2, -0.15) is 5.10 Å². The fourth-order valence-corrected chi connectivity index (χ4v) is 5.12. The van der Waals surface area contributed by atoms with Gasteiger partial charge in [0, 0.05) is 10.6 Å². The zero-order valence-corrected chi connectivity index (χ0v) is 19.1. The largest absolute Gasteiger partial charge is 0.308 e. The van der Waals surface area contributed by atoms with Crippen LogP contribution in [0.4, 0.5) is 0 Å². The Labute approximate surface area is 189 Å². The van der Waals surface area contributed by atoms with Crippen LogP contribution in [0.2, 0.25) is 10.0 Å². The van der Waals surface area contributed by atoms with Gasteiger partial charge in [-0.05, 0) is 59.8 Å². The molecule has 1 saturated carbocycles. The van der Waals surface area contributed by atoms with Crippen LogP contribution in [0.1, 0.15) is 28.9 Å². The van der Waals surface area contributed by atoms with Gasteiger partial charge in [-0.15, -0.1) is 11.3 Å². The van der Waals surface area contributed by atoms with Gasteiger partial charge >= 0.3 is 5.66 Å². The van der Waals surface area contributed by atoms with Gasteiger partial charge in [0.2, 0.25) is 0 Å². The van der Waals surface area contributed by atoms with E-state index < -0.39 is 5.66 Å². The highest BCUT2D eigenvalue weighted by molar-refractivity contribution is 14.1. The molecule has 5 nitrogen and oxygen atoms in total. The Bertz CT molecular complexity index is 1140. The van der Waals surface area contributed by atoms with E-state index >= 15 is 0 Å². The predicted octanol–water partition coefficient (Wildman–Crippen LogP) is 5.96. The number of rotatable bonds is 4. The topological polar surface area (TPSA) is 51.3 Å². The van der Waals surface area contributed by atoms with E-state index in [2.05, 4.69) is 37.9 Å². The average molecular weight is 543 g/mol. The van der Waals surface area contributed by atoms with Gasteiger partial charge in [0.15, 0.2) is 5.69 Å². The highest BCUT2D eigenvalue weighted by atomic mass is 127. The first-order chi connectivity index (χ1) is 13.3. The summed E-state index contributed by atoms with van der Waals surface area (Å²) in [5, 5.41) is 8.37. The Morgan fingerprint density at radius 2 is 2.11 bits per heavy atom. The van der Waals surface area contributed by atoms with E-state index in [4.69, 9.17) is 29.8 Å². The van der Waals surface area contributed by atoms with Crippen LogP contribution in [0.5, 0.6) is 0 Å². The zero-order valence-electron chi connectivity index (χ0n) is 14.6. The van der Waals surface area contributed by atoms with Gasteiger partial charge in [0.1, 0.15) is 0 Å². The molecule has 2 heterocycles. The second-order valence-electron chi connectivity index (χ2n) is 6.53. The maximum atomic E-state index is 12.9. The predicted molar refractivity (Wildman–Crippen MR) is 120 cm³/mol. The van der Waals surface area contributed by atoms with Crippen molar-refractivity contribution < 1.29 is 4.79 Å². The number of carbonyl (C=O) groups excluding carboxylic acids is 1. The molecular formula is C19H13Cl2IN4OS. The molecule has 28 heavy (non-hydrogen) atoms. The molecule has 0 bridgehead atoms. The van der Waals surface area contributed by atoms with Crippen molar-refractivity contribution in [2.24, 2.45) is 0 Å². The molecule has 0 aliphatic heterocycles. The SMILES string of the molecule is [C-]#[N+]C1(NC(=O)c2nn(-c3ccc(Cl)cc3Cl)c(-c3ccc(I)s3)c2C)CC1. The molecular weight excluding hydrogens is 530 g/mol. The first kappa shape index (κ1) is 19.7. The fourth-order valence-electron chi connectivity index (χ4n) is 2.92. The number of benzene rings is 1. The van der Waals surface area contributed by atoms with Crippen LogP contribution in [0, 0.1) is 16.4 Å². The Kier molecular flexibility index (Phi) is 5.16. The minimum Gasteiger partial charge on any atom is -0.287 e. The molecule has 1 N–H and O–H groups in total. The third-order valence-electron chi connectivity index (χ3n) is 4.57. The summed E-state index contributed by atoms with van der Waals surface area (Å²) < 4.78 is 2.81. The number of aromatic nitrogens is 2. The number of nitrogens with zero attached hydrogens (tertiary/aromatic N) is 3. The van der Waals surface area contributed by atoms with Gasteiger partial charge in [0.05, 0.1) is 37.0 Å². The molecule has 0 unspecified atom stereocenters. The van der Waals surface area contributed by atoms with Gasteiger partial charge in [-0.1, -0.05) is 23.2 Å². The standard InChI is InChI=1S/C19H13Cl2IN4OS/c1-10-16(18(27)24-19(23-2)7-8-19)25-26(13-4-3-11(20)9-12(13)21)17(10)14-5-6-15(22)28-14/h3-6,9H,7-8H2,1H3,(H,24,27). The fraction of sp³-hybridized carbons (Fsp3) is 0.211. The van der Waals surface area contributed by atoms with Crippen molar-refractivity contribution in [3.63, 3.8) is 0 Å². The molecule has 142 valence electrons. The summed E-state index contributed by atoms with van der Waals surface area (Å²) in [6.45, 7) is 9.16. The first-order valence-corrected chi connectivity index (χ1v) is 11.0. The van der Waals surface area contributed by atoms with E-state index in [-0.39, 0.29) is 5.91 Å². The van der Waals surface area contributed by atoms with E-state index in [1.54, 1.807) is 34.2 Å². The maximum Gasteiger partial charge on any atom is 0.308 e. The number of amides is 1. The molecule has 1 aliphatic rings. The highest BCUT2D eigenvalue weighted by Gasteiger charge is 2.53. The van der Waals surface area contributed by atoms with Crippen molar-refractivity contribution in [3.05, 3.63) is 65.9 Å². The lowest BCUT2D eigenvalue weighted by molar-refractivity contribution is 0.0934. The molecule has 9 heteroatoms. The number of halogens is 3. The van der Waals surface area contributed by atoms with E-state index in [1.807, 2.05) is 19.1 Å². The van der Waals surface area contributed by atoms with Gasteiger partial charge < -0.3 is 0 Å². The number of thiophene rings is 1. The Morgan fingerprint density at radius 1 is 1.36 bits per heavy atom. The van der Waals surface area contributed by atoms with Crippen LogP contribution >= 0.6 is 57.1 Å². The monoisotopic (exact) mass is 542 g/mol. The Morgan fingerprint density at radius 3 is 2.68 bits per heavy atom. The molecule has 1 aliphatic carbocycles. The van der Waals surface area contributed by atoms with Gasteiger partial charge in [-0.3, -0.25) is 15.0 Å². The zero-order chi connectivity index (χ0) is 20.1. The highest BCUT2D eigenvalue weighted by Crippen LogP contribution is 2.39. The lowest BCUT2D eigenvalue weighted by Crippen LogP contribution is -2.34. The molecule has 4 rings (SSSR count). The normalized spacial score (nSPS) is 14.5. The van der Waals surface area contributed by atoms with Crippen LogP contribution in [-0.2, 0) is 0 Å². The van der Waals surface area contributed by atoms with E-state index in [9.17, 15) is 4.79 Å². The van der Waals surface area contributed by atoms with Crippen molar-refractivity contribution in [3.8, 4) is 16.3 Å². The molecule has 1 fully saturated rings. The molecule has 0 radical (unpaired) electrons. The number of nitrogens with one attached hydrogen (secondary N) is 1. The molecule has 0 spiro atoms. The minimum atomic E-state index is -0.774. The van der Waals surface area contributed by atoms with Crippen LogP contribution in [0.3, 0.4) is 0 Å². The lowest BCUT2D eigenvalue weighted by Gasteiger charge is -2.09. The number of hydrogen-bond donors (Lipinski definition) is 1. The number of carbonyl (C=O) groups is 1. The average Bonchev–Trinajstić information content (AvgIpc) is 3.15. The van der Waals surface area contributed by atoms with Crippen LogP contribution in [0.25, 0.3) is 21.1 Å². The molecule has 3 aromatic rings. The van der Waals surface area contributed by atoms with Gasteiger partial charge in [-0.25, -0.2) is 11.3 Å². The molecule has 1 aromatic carbocycles. The smallest absolute Gasteiger partial charge is 0.287 e. The maximum absolute atomic E-state index is 12.9. The van der Waals surface area contributed by atoms with E-state index in [0.717, 1.165) is 19.0 Å². The minimum absolute atomic E-state index is 0.291. The second-order valence-corrected chi connectivity index (χ2v) is 10.4. The third-order valence-corrected chi connectivity index (χ3v) is 7.00. The summed E-state index contributed by atoms with van der Waals surface area (Å²) in [6, 6.07) is 9.18. The van der Waals surface area contributed by atoms with E-state index in [0.29, 0.717) is 34.3 Å². The Hall–Kier alpha value is -1.60. The molecule has 0 saturated heterocycles. The summed E-state index contributed by atoms with van der Waals surface area (Å²) >= 11 is 16.3. The summed E-state index contributed by atoms with van der Waals surface area (Å²) in [6.07, 6.45) is 1.34. The van der Waals surface area contributed by atoms with E-state index in [1.165, 1.54) is 0 Å².